The fourth-order valence-corrected chi connectivity index (χ4v) is 3.74. The van der Waals surface area contributed by atoms with E-state index in [9.17, 15) is 0 Å². The van der Waals surface area contributed by atoms with Crippen LogP contribution < -0.4 is 10.6 Å². The number of anilines is 2. The van der Waals surface area contributed by atoms with E-state index in [0.717, 1.165) is 42.9 Å². The second kappa shape index (κ2) is 7.52. The standard InChI is InChI=1S/C19H24ClN7O/c1-11(16-23-18(21)25-19(24-16)26(2)3)27-8-6-12(7-9-27)17-22-14-10-13(20)4-5-15(14)28-17/h4-5,10-12H,6-9H2,1-3H3,(H2,21,23,24,25). The number of oxazole rings is 1. The lowest BCUT2D eigenvalue weighted by molar-refractivity contribution is 0.150. The third-order valence-corrected chi connectivity index (χ3v) is 5.46. The van der Waals surface area contributed by atoms with Gasteiger partial charge in [0.05, 0.1) is 6.04 Å². The molecule has 148 valence electrons. The summed E-state index contributed by atoms with van der Waals surface area (Å²) >= 11 is 6.05. The van der Waals surface area contributed by atoms with Crippen LogP contribution in [-0.2, 0) is 0 Å². The lowest BCUT2D eigenvalue weighted by atomic mass is 9.95. The third-order valence-electron chi connectivity index (χ3n) is 5.22. The topological polar surface area (TPSA) is 97.2 Å². The van der Waals surface area contributed by atoms with Gasteiger partial charge in [0.1, 0.15) is 5.52 Å². The van der Waals surface area contributed by atoms with Gasteiger partial charge in [-0.3, -0.25) is 4.90 Å². The highest BCUT2D eigenvalue weighted by molar-refractivity contribution is 6.31. The highest BCUT2D eigenvalue weighted by atomic mass is 35.5. The maximum Gasteiger partial charge on any atom is 0.229 e. The van der Waals surface area contributed by atoms with Gasteiger partial charge in [-0.1, -0.05) is 11.6 Å². The average molecular weight is 402 g/mol. The summed E-state index contributed by atoms with van der Waals surface area (Å²) in [5, 5.41) is 0.671. The number of halogens is 1. The normalized spacial score (nSPS) is 17.1. The van der Waals surface area contributed by atoms with Crippen LogP contribution in [0.2, 0.25) is 5.02 Å². The number of fused-ring (bicyclic) bond motifs is 1. The molecule has 9 heteroatoms. The maximum absolute atomic E-state index is 6.05. The highest BCUT2D eigenvalue weighted by Gasteiger charge is 2.29. The lowest BCUT2D eigenvalue weighted by Crippen LogP contribution is -2.36. The minimum absolute atomic E-state index is 0.0624. The second-order valence-electron chi connectivity index (χ2n) is 7.40. The number of nitrogens with two attached hydrogens (primary N) is 1. The Morgan fingerprint density at radius 3 is 2.64 bits per heavy atom. The number of rotatable bonds is 4. The Kier molecular flexibility index (Phi) is 5.07. The molecular formula is C19H24ClN7O. The molecule has 3 heterocycles. The summed E-state index contributed by atoms with van der Waals surface area (Å²) in [6, 6.07) is 5.60. The molecule has 0 spiro atoms. The van der Waals surface area contributed by atoms with E-state index in [1.807, 2.05) is 37.2 Å². The van der Waals surface area contributed by atoms with E-state index in [1.165, 1.54) is 0 Å². The van der Waals surface area contributed by atoms with Crippen molar-refractivity contribution in [2.24, 2.45) is 0 Å². The predicted octanol–water partition coefficient (Wildman–Crippen LogP) is 3.26. The molecule has 0 saturated carbocycles. The van der Waals surface area contributed by atoms with Crippen molar-refractivity contribution in [2.75, 3.05) is 37.8 Å². The SMILES string of the molecule is CC(c1nc(N)nc(N(C)C)n1)N1CCC(c2nc3cc(Cl)ccc3o2)CC1. The van der Waals surface area contributed by atoms with Gasteiger partial charge in [0, 0.05) is 25.0 Å². The summed E-state index contributed by atoms with van der Waals surface area (Å²) in [5.74, 6) is 2.63. The van der Waals surface area contributed by atoms with Crippen LogP contribution >= 0.6 is 11.6 Å². The summed E-state index contributed by atoms with van der Waals surface area (Å²) in [6.07, 6.45) is 1.93. The Morgan fingerprint density at radius 1 is 1.18 bits per heavy atom. The van der Waals surface area contributed by atoms with E-state index in [4.69, 9.17) is 21.8 Å². The molecule has 0 aliphatic carbocycles. The smallest absolute Gasteiger partial charge is 0.229 e. The number of nitrogens with zero attached hydrogens (tertiary/aromatic N) is 6. The molecule has 1 unspecified atom stereocenters. The zero-order valence-corrected chi connectivity index (χ0v) is 17.0. The van der Waals surface area contributed by atoms with Crippen LogP contribution in [0.5, 0.6) is 0 Å². The molecule has 1 atom stereocenters. The van der Waals surface area contributed by atoms with Gasteiger partial charge in [-0.2, -0.15) is 15.0 Å². The summed E-state index contributed by atoms with van der Waals surface area (Å²) in [6.45, 7) is 3.93. The van der Waals surface area contributed by atoms with Crippen LogP contribution in [-0.4, -0.2) is 52.0 Å². The molecule has 0 amide bonds. The van der Waals surface area contributed by atoms with Crippen LogP contribution in [0.25, 0.3) is 11.1 Å². The molecule has 0 radical (unpaired) electrons. The first kappa shape index (κ1) is 18.9. The van der Waals surface area contributed by atoms with Gasteiger partial charge in [-0.15, -0.1) is 0 Å². The molecule has 1 aromatic carbocycles. The molecule has 2 N–H and O–H groups in total. The van der Waals surface area contributed by atoms with Crippen LogP contribution in [0, 0.1) is 0 Å². The van der Waals surface area contributed by atoms with E-state index < -0.39 is 0 Å². The van der Waals surface area contributed by atoms with Gasteiger partial charge in [0.15, 0.2) is 17.3 Å². The van der Waals surface area contributed by atoms with Crippen molar-refractivity contribution in [1.29, 1.82) is 0 Å². The number of benzene rings is 1. The monoisotopic (exact) mass is 401 g/mol. The lowest BCUT2D eigenvalue weighted by Gasteiger charge is -2.34. The number of likely N-dealkylation sites (tertiary alicyclic amines) is 1. The van der Waals surface area contributed by atoms with Crippen molar-refractivity contribution in [3.05, 3.63) is 34.9 Å². The van der Waals surface area contributed by atoms with E-state index in [1.54, 1.807) is 0 Å². The minimum atomic E-state index is 0.0624. The number of nitrogen functional groups attached to an aromatic ring is 1. The third kappa shape index (κ3) is 3.74. The van der Waals surface area contributed by atoms with Crippen LogP contribution in [0.3, 0.4) is 0 Å². The van der Waals surface area contributed by atoms with Gasteiger partial charge in [0.25, 0.3) is 0 Å². The first-order valence-electron chi connectivity index (χ1n) is 9.39. The summed E-state index contributed by atoms with van der Waals surface area (Å²) in [4.78, 5) is 21.9. The maximum atomic E-state index is 6.05. The Labute approximate surface area is 168 Å². The molecule has 1 saturated heterocycles. The van der Waals surface area contributed by atoms with Gasteiger partial charge in [-0.25, -0.2) is 4.98 Å². The van der Waals surface area contributed by atoms with Gasteiger partial charge < -0.3 is 15.1 Å². The predicted molar refractivity (Wildman–Crippen MR) is 110 cm³/mol. The molecule has 1 fully saturated rings. The zero-order chi connectivity index (χ0) is 19.8. The van der Waals surface area contributed by atoms with Crippen LogP contribution in [0.15, 0.2) is 22.6 Å². The molecule has 1 aliphatic rings. The summed E-state index contributed by atoms with van der Waals surface area (Å²) in [5.41, 5.74) is 7.47. The highest BCUT2D eigenvalue weighted by Crippen LogP contribution is 2.33. The van der Waals surface area contributed by atoms with Crippen molar-refractivity contribution in [1.82, 2.24) is 24.8 Å². The van der Waals surface area contributed by atoms with E-state index >= 15 is 0 Å². The Balaban J connectivity index is 1.46. The number of aromatic nitrogens is 4. The first-order chi connectivity index (χ1) is 13.4. The fraction of sp³-hybridized carbons (Fsp3) is 0.474. The van der Waals surface area contributed by atoms with E-state index in [2.05, 4.69) is 31.8 Å². The van der Waals surface area contributed by atoms with Crippen molar-refractivity contribution in [2.45, 2.75) is 31.7 Å². The van der Waals surface area contributed by atoms with Gasteiger partial charge >= 0.3 is 0 Å². The largest absolute Gasteiger partial charge is 0.440 e. The van der Waals surface area contributed by atoms with E-state index in [0.29, 0.717) is 22.7 Å². The zero-order valence-electron chi connectivity index (χ0n) is 16.3. The molecule has 1 aliphatic heterocycles. The molecule has 28 heavy (non-hydrogen) atoms. The number of hydrogen-bond donors (Lipinski definition) is 1. The molecule has 4 rings (SSSR count). The molecular weight excluding hydrogens is 378 g/mol. The molecule has 0 bridgehead atoms. The summed E-state index contributed by atoms with van der Waals surface area (Å²) < 4.78 is 5.96. The molecule has 2 aromatic heterocycles. The average Bonchev–Trinajstić information content (AvgIpc) is 3.10. The van der Waals surface area contributed by atoms with Gasteiger partial charge in [-0.05, 0) is 51.1 Å². The van der Waals surface area contributed by atoms with Crippen molar-refractivity contribution >= 4 is 34.6 Å². The number of hydrogen-bond acceptors (Lipinski definition) is 8. The van der Waals surface area contributed by atoms with Crippen molar-refractivity contribution in [3.63, 3.8) is 0 Å². The second-order valence-corrected chi connectivity index (χ2v) is 7.83. The Morgan fingerprint density at radius 2 is 1.93 bits per heavy atom. The van der Waals surface area contributed by atoms with Gasteiger partial charge in [0.2, 0.25) is 11.9 Å². The molecule has 8 nitrogen and oxygen atoms in total. The minimum Gasteiger partial charge on any atom is -0.440 e. The fourth-order valence-electron chi connectivity index (χ4n) is 3.57. The summed E-state index contributed by atoms with van der Waals surface area (Å²) in [7, 11) is 3.78. The Bertz CT molecular complexity index is 982. The van der Waals surface area contributed by atoms with Crippen molar-refractivity contribution < 1.29 is 4.42 Å². The molecule has 3 aromatic rings. The van der Waals surface area contributed by atoms with Crippen LogP contribution in [0.4, 0.5) is 11.9 Å². The van der Waals surface area contributed by atoms with E-state index in [-0.39, 0.29) is 12.0 Å². The van der Waals surface area contributed by atoms with Crippen molar-refractivity contribution in [3.8, 4) is 0 Å². The quantitative estimate of drug-likeness (QED) is 0.711. The Hall–Kier alpha value is -2.45. The van der Waals surface area contributed by atoms with Crippen LogP contribution in [0.1, 0.15) is 43.4 Å². The number of piperidine rings is 1. The first-order valence-corrected chi connectivity index (χ1v) is 9.77.